The van der Waals surface area contributed by atoms with Crippen LogP contribution in [0.25, 0.3) is 0 Å². The van der Waals surface area contributed by atoms with Crippen LogP contribution in [-0.4, -0.2) is 41.5 Å². The molecule has 0 saturated carbocycles. The van der Waals surface area contributed by atoms with Crippen molar-refractivity contribution in [1.82, 2.24) is 0 Å². The van der Waals surface area contributed by atoms with Crippen LogP contribution in [0.1, 0.15) is 29.8 Å². The molecule has 0 spiro atoms. The highest BCUT2D eigenvalue weighted by Crippen LogP contribution is 2.31. The van der Waals surface area contributed by atoms with Crippen LogP contribution < -0.4 is 4.90 Å². The Kier molecular flexibility index (Phi) is 4.43. The molecule has 1 saturated heterocycles. The third-order valence-electron chi connectivity index (χ3n) is 3.40. The van der Waals surface area contributed by atoms with Gasteiger partial charge in [0.05, 0.1) is 30.1 Å². The summed E-state index contributed by atoms with van der Waals surface area (Å²) in [6, 6.07) is 0.973. The average Bonchev–Trinajstić information content (AvgIpc) is 2.39. The number of carboxylic acids is 1. The topological polar surface area (TPSA) is 70.0 Å². The second-order valence-corrected chi connectivity index (χ2v) is 5.19. The van der Waals surface area contributed by atoms with Gasteiger partial charge in [0.15, 0.2) is 11.6 Å². The van der Waals surface area contributed by atoms with Crippen LogP contribution >= 0.6 is 0 Å². The molecule has 116 valence electrons. The molecule has 0 unspecified atom stereocenters. The third-order valence-corrected chi connectivity index (χ3v) is 3.40. The molecule has 1 fully saturated rings. The normalized spacial score (nSPS) is 22.4. The SMILES string of the molecule is C[C@@H]1CN(c2c(CO)cc(C(=O)O)c(F)c2F)C[C@H](C)O1. The molecule has 0 aliphatic carbocycles. The Morgan fingerprint density at radius 1 is 1.33 bits per heavy atom. The van der Waals surface area contributed by atoms with E-state index >= 15 is 0 Å². The van der Waals surface area contributed by atoms with E-state index in [9.17, 15) is 18.7 Å². The fourth-order valence-corrected chi connectivity index (χ4v) is 2.65. The summed E-state index contributed by atoms with van der Waals surface area (Å²) < 4.78 is 33.7. The quantitative estimate of drug-likeness (QED) is 0.890. The first-order valence-corrected chi connectivity index (χ1v) is 6.60. The molecular weight excluding hydrogens is 284 g/mol. The van der Waals surface area contributed by atoms with E-state index < -0.39 is 29.8 Å². The molecule has 0 radical (unpaired) electrons. The first kappa shape index (κ1) is 15.7. The van der Waals surface area contributed by atoms with Crippen molar-refractivity contribution in [3.05, 3.63) is 28.8 Å². The lowest BCUT2D eigenvalue weighted by Crippen LogP contribution is -2.46. The summed E-state index contributed by atoms with van der Waals surface area (Å²) in [4.78, 5) is 12.5. The molecule has 0 aromatic heterocycles. The van der Waals surface area contributed by atoms with E-state index in [1.807, 2.05) is 0 Å². The maximum Gasteiger partial charge on any atom is 0.338 e. The number of aromatic carboxylic acids is 1. The molecule has 1 aromatic carbocycles. The van der Waals surface area contributed by atoms with Gasteiger partial charge >= 0.3 is 5.97 Å². The number of halogens is 2. The second-order valence-electron chi connectivity index (χ2n) is 5.19. The van der Waals surface area contributed by atoms with Gasteiger partial charge in [-0.3, -0.25) is 0 Å². The minimum absolute atomic E-state index is 0.0487. The van der Waals surface area contributed by atoms with Crippen LogP contribution in [0.5, 0.6) is 0 Å². The summed E-state index contributed by atoms with van der Waals surface area (Å²) in [6.45, 7) is 3.70. The van der Waals surface area contributed by atoms with Crippen molar-refractivity contribution in [2.75, 3.05) is 18.0 Å². The number of carbonyl (C=O) groups is 1. The maximum absolute atomic E-state index is 14.3. The smallest absolute Gasteiger partial charge is 0.338 e. The molecule has 5 nitrogen and oxygen atoms in total. The van der Waals surface area contributed by atoms with E-state index in [1.165, 1.54) is 0 Å². The van der Waals surface area contributed by atoms with Crippen molar-refractivity contribution in [2.45, 2.75) is 32.7 Å². The predicted molar refractivity (Wildman–Crippen MR) is 71.5 cm³/mol. The van der Waals surface area contributed by atoms with Gasteiger partial charge in [-0.25, -0.2) is 13.6 Å². The van der Waals surface area contributed by atoms with Crippen LogP contribution in [0.4, 0.5) is 14.5 Å². The predicted octanol–water partition coefficient (Wildman–Crippen LogP) is 1.77. The second kappa shape index (κ2) is 5.95. The molecule has 2 rings (SSSR count). The minimum atomic E-state index is -1.57. The van der Waals surface area contributed by atoms with Gasteiger partial charge in [-0.1, -0.05) is 0 Å². The number of anilines is 1. The molecule has 2 N–H and O–H groups in total. The van der Waals surface area contributed by atoms with Gasteiger partial charge in [-0.2, -0.15) is 0 Å². The Bertz CT molecular complexity index is 554. The first-order valence-electron chi connectivity index (χ1n) is 6.60. The molecule has 7 heteroatoms. The zero-order valence-corrected chi connectivity index (χ0v) is 11.8. The van der Waals surface area contributed by atoms with Crippen molar-refractivity contribution < 1.29 is 28.5 Å². The number of hydrogen-bond donors (Lipinski definition) is 2. The number of hydrogen-bond acceptors (Lipinski definition) is 4. The Morgan fingerprint density at radius 3 is 2.38 bits per heavy atom. The number of morpholine rings is 1. The van der Waals surface area contributed by atoms with Gasteiger partial charge in [0.25, 0.3) is 0 Å². The molecule has 1 aliphatic heterocycles. The lowest BCUT2D eigenvalue weighted by Gasteiger charge is -2.37. The summed E-state index contributed by atoms with van der Waals surface area (Å²) in [7, 11) is 0. The number of rotatable bonds is 3. The van der Waals surface area contributed by atoms with Gasteiger partial charge in [0, 0.05) is 18.7 Å². The van der Waals surface area contributed by atoms with Gasteiger partial charge < -0.3 is 19.8 Å². The van der Waals surface area contributed by atoms with E-state index in [0.29, 0.717) is 13.1 Å². The van der Waals surface area contributed by atoms with E-state index in [4.69, 9.17) is 9.84 Å². The van der Waals surface area contributed by atoms with Crippen molar-refractivity contribution in [3.63, 3.8) is 0 Å². The maximum atomic E-state index is 14.3. The third kappa shape index (κ3) is 2.98. The highest BCUT2D eigenvalue weighted by atomic mass is 19.2. The van der Waals surface area contributed by atoms with Crippen LogP contribution in [0.3, 0.4) is 0 Å². The lowest BCUT2D eigenvalue weighted by atomic mass is 10.0. The fourth-order valence-electron chi connectivity index (χ4n) is 2.65. The highest BCUT2D eigenvalue weighted by Gasteiger charge is 2.29. The summed E-state index contributed by atoms with van der Waals surface area (Å²) >= 11 is 0. The van der Waals surface area contributed by atoms with Gasteiger partial charge in [0.1, 0.15) is 0 Å². The number of carboxylic acid groups (broad SMARTS) is 1. The molecule has 1 aromatic rings. The fraction of sp³-hybridized carbons (Fsp3) is 0.500. The monoisotopic (exact) mass is 301 g/mol. The Labute approximate surface area is 120 Å². The number of aliphatic hydroxyl groups excluding tert-OH is 1. The van der Waals surface area contributed by atoms with Crippen molar-refractivity contribution in [3.8, 4) is 0 Å². The van der Waals surface area contributed by atoms with Gasteiger partial charge in [-0.05, 0) is 19.9 Å². The molecule has 21 heavy (non-hydrogen) atoms. The van der Waals surface area contributed by atoms with Gasteiger partial charge in [-0.15, -0.1) is 0 Å². The summed E-state index contributed by atoms with van der Waals surface area (Å²) in [5.74, 6) is -4.24. The largest absolute Gasteiger partial charge is 0.478 e. The Hall–Kier alpha value is -1.73. The zero-order chi connectivity index (χ0) is 15.7. The highest BCUT2D eigenvalue weighted by molar-refractivity contribution is 5.89. The number of ether oxygens (including phenoxy) is 1. The number of aliphatic hydroxyl groups is 1. The van der Waals surface area contributed by atoms with Crippen molar-refractivity contribution >= 4 is 11.7 Å². The zero-order valence-electron chi connectivity index (χ0n) is 11.8. The molecule has 2 atom stereocenters. The van der Waals surface area contributed by atoms with Crippen LogP contribution in [0, 0.1) is 11.6 Å². The number of benzene rings is 1. The van der Waals surface area contributed by atoms with Crippen molar-refractivity contribution in [1.29, 1.82) is 0 Å². The molecule has 0 amide bonds. The van der Waals surface area contributed by atoms with Crippen molar-refractivity contribution in [2.24, 2.45) is 0 Å². The van der Waals surface area contributed by atoms with Crippen LogP contribution in [0.2, 0.25) is 0 Å². The van der Waals surface area contributed by atoms with Crippen LogP contribution in [-0.2, 0) is 11.3 Å². The average molecular weight is 301 g/mol. The Morgan fingerprint density at radius 2 is 1.90 bits per heavy atom. The van der Waals surface area contributed by atoms with E-state index in [-0.39, 0.29) is 23.5 Å². The van der Waals surface area contributed by atoms with Gasteiger partial charge in [0.2, 0.25) is 0 Å². The number of nitrogens with zero attached hydrogens (tertiary/aromatic N) is 1. The molecule has 1 aliphatic rings. The summed E-state index contributed by atoms with van der Waals surface area (Å²) in [5, 5.41) is 18.2. The molecule has 1 heterocycles. The Balaban J connectivity index is 2.52. The summed E-state index contributed by atoms with van der Waals surface area (Å²) in [6.07, 6.45) is -0.358. The first-order chi connectivity index (χ1) is 9.85. The van der Waals surface area contributed by atoms with Crippen LogP contribution in [0.15, 0.2) is 6.07 Å². The summed E-state index contributed by atoms with van der Waals surface area (Å²) in [5.41, 5.74) is -0.829. The van der Waals surface area contributed by atoms with E-state index in [2.05, 4.69) is 0 Å². The lowest BCUT2D eigenvalue weighted by molar-refractivity contribution is -0.00555. The standard InChI is InChI=1S/C14H17F2NO4/c1-7-4-17(5-8(2)21-7)13-9(6-18)3-10(14(19)20)11(15)12(13)16/h3,7-8,18H,4-6H2,1-2H3,(H,19,20)/t7-,8+. The molecular formula is C14H17F2NO4. The van der Waals surface area contributed by atoms with E-state index in [0.717, 1.165) is 6.07 Å². The van der Waals surface area contributed by atoms with E-state index in [1.54, 1.807) is 18.7 Å². The molecule has 0 bridgehead atoms. The minimum Gasteiger partial charge on any atom is -0.478 e.